The average Bonchev–Trinajstić information content (AvgIpc) is 2.98. The Kier molecular flexibility index (Phi) is 7.17. The van der Waals surface area contributed by atoms with Crippen molar-refractivity contribution in [3.63, 3.8) is 0 Å². The highest BCUT2D eigenvalue weighted by atomic mass is 35.5. The summed E-state index contributed by atoms with van der Waals surface area (Å²) in [7, 11) is 0. The van der Waals surface area contributed by atoms with E-state index in [4.69, 9.17) is 17.3 Å². The van der Waals surface area contributed by atoms with E-state index in [1.807, 2.05) is 18.7 Å². The summed E-state index contributed by atoms with van der Waals surface area (Å²) in [6.45, 7) is 4.13. The number of benzene rings is 1. The Morgan fingerprint density at radius 2 is 2.00 bits per heavy atom. The minimum Gasteiger partial charge on any atom is -0.352 e. The van der Waals surface area contributed by atoms with Gasteiger partial charge in [-0.25, -0.2) is 0 Å². The second-order valence-corrected chi connectivity index (χ2v) is 8.73. The van der Waals surface area contributed by atoms with Gasteiger partial charge in [-0.2, -0.15) is 0 Å². The molecule has 150 valence electrons. The number of fused-ring (bicyclic) bond motifs is 1. The lowest BCUT2D eigenvalue weighted by atomic mass is 9.84. The molecule has 1 saturated heterocycles. The molecule has 2 aliphatic rings. The van der Waals surface area contributed by atoms with Gasteiger partial charge in [0.25, 0.3) is 5.91 Å². The first-order valence-electron chi connectivity index (χ1n) is 9.41. The van der Waals surface area contributed by atoms with Crippen LogP contribution in [-0.2, 0) is 4.79 Å². The molecule has 0 aromatic heterocycles. The lowest BCUT2D eigenvalue weighted by Gasteiger charge is -2.34. The Morgan fingerprint density at radius 1 is 1.30 bits per heavy atom. The number of rotatable bonds is 4. The van der Waals surface area contributed by atoms with Crippen LogP contribution < -0.4 is 11.1 Å². The monoisotopic (exact) mass is 413 g/mol. The second kappa shape index (κ2) is 8.80. The zero-order valence-electron chi connectivity index (χ0n) is 15.9. The number of amides is 2. The predicted octanol–water partition coefficient (Wildman–Crippen LogP) is 3.39. The molecule has 3 rings (SSSR count). The van der Waals surface area contributed by atoms with Crippen LogP contribution in [0.2, 0.25) is 5.02 Å². The van der Waals surface area contributed by atoms with Gasteiger partial charge in [0.05, 0.1) is 0 Å². The third-order valence-electron chi connectivity index (χ3n) is 5.42. The van der Waals surface area contributed by atoms with E-state index >= 15 is 0 Å². The number of likely N-dealkylation sites (tertiary alicyclic amines) is 1. The van der Waals surface area contributed by atoms with Crippen molar-refractivity contribution in [1.29, 1.82) is 0 Å². The molecule has 1 aromatic carbocycles. The summed E-state index contributed by atoms with van der Waals surface area (Å²) in [6.07, 6.45) is 5.04. The summed E-state index contributed by atoms with van der Waals surface area (Å²) in [5.41, 5.74) is 6.05. The third-order valence-corrected chi connectivity index (χ3v) is 5.65. The fourth-order valence-electron chi connectivity index (χ4n) is 4.19. The summed E-state index contributed by atoms with van der Waals surface area (Å²) < 4.78 is 0. The summed E-state index contributed by atoms with van der Waals surface area (Å²) in [6, 6.07) is 6.67. The summed E-state index contributed by atoms with van der Waals surface area (Å²) in [5.74, 6) is 0.191. The fraction of sp³-hybridized carbons (Fsp3) is 0.600. The average molecular weight is 414 g/mol. The molecule has 1 saturated carbocycles. The first-order valence-corrected chi connectivity index (χ1v) is 9.79. The zero-order valence-corrected chi connectivity index (χ0v) is 17.5. The van der Waals surface area contributed by atoms with E-state index in [1.165, 1.54) is 6.42 Å². The predicted molar refractivity (Wildman–Crippen MR) is 110 cm³/mol. The van der Waals surface area contributed by atoms with E-state index in [9.17, 15) is 9.59 Å². The van der Waals surface area contributed by atoms with Crippen LogP contribution in [-0.4, -0.2) is 40.9 Å². The van der Waals surface area contributed by atoms with E-state index in [-0.39, 0.29) is 30.3 Å². The Hall–Kier alpha value is -1.30. The van der Waals surface area contributed by atoms with Gasteiger partial charge < -0.3 is 16.0 Å². The van der Waals surface area contributed by atoms with E-state index in [0.717, 1.165) is 25.7 Å². The number of halogens is 2. The normalized spacial score (nSPS) is 24.7. The van der Waals surface area contributed by atoms with Gasteiger partial charge in [0.15, 0.2) is 0 Å². The molecule has 7 heteroatoms. The third kappa shape index (κ3) is 5.15. The van der Waals surface area contributed by atoms with Gasteiger partial charge in [-0.05, 0) is 57.2 Å². The molecule has 2 amide bonds. The number of nitrogens with two attached hydrogens (primary N) is 1. The van der Waals surface area contributed by atoms with Crippen molar-refractivity contribution in [3.8, 4) is 0 Å². The summed E-state index contributed by atoms with van der Waals surface area (Å²) in [5, 5.41) is 3.47. The summed E-state index contributed by atoms with van der Waals surface area (Å²) >= 11 is 6.07. The van der Waals surface area contributed by atoms with Crippen LogP contribution in [0, 0.1) is 5.92 Å². The Labute approximate surface area is 172 Å². The molecule has 3 N–H and O–H groups in total. The van der Waals surface area contributed by atoms with Crippen LogP contribution in [0.1, 0.15) is 56.3 Å². The molecule has 2 fully saturated rings. The number of hydrogen-bond donors (Lipinski definition) is 2. The van der Waals surface area contributed by atoms with Crippen molar-refractivity contribution in [2.75, 3.05) is 6.54 Å². The molecule has 1 heterocycles. The summed E-state index contributed by atoms with van der Waals surface area (Å²) in [4.78, 5) is 27.9. The maximum atomic E-state index is 13.2. The molecule has 0 spiro atoms. The smallest absolute Gasteiger partial charge is 0.254 e. The van der Waals surface area contributed by atoms with Crippen LogP contribution in [0.4, 0.5) is 0 Å². The number of nitrogens with one attached hydrogen (secondary N) is 1. The van der Waals surface area contributed by atoms with Crippen molar-refractivity contribution < 1.29 is 9.59 Å². The Balaban J connectivity index is 0.00000261. The standard InChI is InChI=1S/C20H28ClN3O2.ClH/c1-20(2,22)12-23-18(25)17-11-13-6-3-4-9-16(13)24(17)19(26)14-7-5-8-15(21)10-14;/h5,7-8,10,13,16-17H,3-4,6,9,11-12,22H2,1-2H3,(H,23,25);1H. The highest BCUT2D eigenvalue weighted by molar-refractivity contribution is 6.31. The SMILES string of the molecule is CC(C)(N)CNC(=O)C1CC2CCCCC2N1C(=O)c1cccc(Cl)c1.Cl. The molecule has 0 bridgehead atoms. The van der Waals surface area contributed by atoms with Crippen LogP contribution in [0.5, 0.6) is 0 Å². The van der Waals surface area contributed by atoms with Gasteiger partial charge in [-0.1, -0.05) is 30.5 Å². The van der Waals surface area contributed by atoms with Crippen molar-refractivity contribution in [1.82, 2.24) is 10.2 Å². The van der Waals surface area contributed by atoms with Crippen molar-refractivity contribution in [2.45, 2.75) is 63.6 Å². The first kappa shape index (κ1) is 22.0. The van der Waals surface area contributed by atoms with Gasteiger partial charge in [0.2, 0.25) is 5.91 Å². The van der Waals surface area contributed by atoms with Crippen LogP contribution in [0.15, 0.2) is 24.3 Å². The minimum atomic E-state index is -0.483. The fourth-order valence-corrected chi connectivity index (χ4v) is 4.38. The second-order valence-electron chi connectivity index (χ2n) is 8.29. The minimum absolute atomic E-state index is 0. The zero-order chi connectivity index (χ0) is 18.9. The quantitative estimate of drug-likeness (QED) is 0.793. The van der Waals surface area contributed by atoms with Crippen molar-refractivity contribution in [3.05, 3.63) is 34.9 Å². The molecule has 3 atom stereocenters. The molecule has 1 aromatic rings. The molecule has 5 nitrogen and oxygen atoms in total. The van der Waals surface area contributed by atoms with E-state index in [2.05, 4.69) is 5.32 Å². The largest absolute Gasteiger partial charge is 0.352 e. The Morgan fingerprint density at radius 3 is 2.67 bits per heavy atom. The number of carbonyl (C=O) groups excluding carboxylic acids is 2. The van der Waals surface area contributed by atoms with Gasteiger partial charge in [-0.3, -0.25) is 9.59 Å². The highest BCUT2D eigenvalue weighted by Crippen LogP contribution is 2.40. The molecular formula is C20H29Cl2N3O2. The lowest BCUT2D eigenvalue weighted by Crippen LogP contribution is -2.53. The first-order chi connectivity index (χ1) is 12.3. The van der Waals surface area contributed by atoms with Crippen LogP contribution in [0.25, 0.3) is 0 Å². The number of hydrogen-bond acceptors (Lipinski definition) is 3. The molecular weight excluding hydrogens is 385 g/mol. The van der Waals surface area contributed by atoms with Crippen molar-refractivity contribution >= 4 is 35.8 Å². The van der Waals surface area contributed by atoms with Crippen LogP contribution in [0.3, 0.4) is 0 Å². The lowest BCUT2D eigenvalue weighted by molar-refractivity contribution is -0.125. The van der Waals surface area contributed by atoms with Gasteiger partial charge in [0.1, 0.15) is 6.04 Å². The number of nitrogens with zero attached hydrogens (tertiary/aromatic N) is 1. The molecule has 1 aliphatic carbocycles. The molecule has 3 unspecified atom stereocenters. The van der Waals surface area contributed by atoms with E-state index in [1.54, 1.807) is 24.3 Å². The van der Waals surface area contributed by atoms with E-state index < -0.39 is 11.6 Å². The maximum Gasteiger partial charge on any atom is 0.254 e. The number of carbonyl (C=O) groups is 2. The topological polar surface area (TPSA) is 75.4 Å². The van der Waals surface area contributed by atoms with Gasteiger partial charge in [0, 0.05) is 28.7 Å². The van der Waals surface area contributed by atoms with Crippen LogP contribution >= 0.6 is 24.0 Å². The Bertz CT molecular complexity index is 690. The van der Waals surface area contributed by atoms with Gasteiger partial charge >= 0.3 is 0 Å². The highest BCUT2D eigenvalue weighted by Gasteiger charge is 2.47. The van der Waals surface area contributed by atoms with Gasteiger partial charge in [-0.15, -0.1) is 12.4 Å². The maximum absolute atomic E-state index is 13.2. The molecule has 1 aliphatic heterocycles. The van der Waals surface area contributed by atoms with Crippen molar-refractivity contribution in [2.24, 2.45) is 11.7 Å². The molecule has 0 radical (unpaired) electrons. The van der Waals surface area contributed by atoms with E-state index in [0.29, 0.717) is 23.0 Å². The molecule has 27 heavy (non-hydrogen) atoms.